The van der Waals surface area contributed by atoms with E-state index in [1.54, 1.807) is 7.05 Å². The van der Waals surface area contributed by atoms with Crippen LogP contribution in [0.4, 0.5) is 0 Å². The molecular formula is C26H37NO5. The highest BCUT2D eigenvalue weighted by Crippen LogP contribution is 2.53. The van der Waals surface area contributed by atoms with Gasteiger partial charge in [0.2, 0.25) is 5.91 Å². The summed E-state index contributed by atoms with van der Waals surface area (Å²) in [5.74, 6) is 0.901. The molecule has 2 atom stereocenters. The Morgan fingerprint density at radius 1 is 1.25 bits per heavy atom. The van der Waals surface area contributed by atoms with E-state index in [0.29, 0.717) is 5.75 Å². The van der Waals surface area contributed by atoms with Gasteiger partial charge in [-0.2, -0.15) is 0 Å². The van der Waals surface area contributed by atoms with Crippen LogP contribution in [0.5, 0.6) is 11.5 Å². The van der Waals surface area contributed by atoms with Crippen molar-refractivity contribution in [2.45, 2.75) is 83.7 Å². The number of rotatable bonds is 9. The minimum atomic E-state index is -0.426. The standard InChI is InChI=1S/C26H37NO5/c1-5-6-7-8-17-14-21(31-24(30)12-11-23(29)27-4)25-19-13-18(16-28)9-10-20(19)26(2,3)32-22(25)15-17/h13-15,19-20,28H,5-12,16H2,1-4H3,(H,27,29). The van der Waals surface area contributed by atoms with Crippen LogP contribution in [0.3, 0.4) is 0 Å². The molecule has 0 bridgehead atoms. The summed E-state index contributed by atoms with van der Waals surface area (Å²) in [5, 5.41) is 12.3. The van der Waals surface area contributed by atoms with Crippen molar-refractivity contribution < 1.29 is 24.2 Å². The van der Waals surface area contributed by atoms with Gasteiger partial charge in [-0.15, -0.1) is 0 Å². The average molecular weight is 444 g/mol. The summed E-state index contributed by atoms with van der Waals surface area (Å²) in [6.07, 6.45) is 8.22. The van der Waals surface area contributed by atoms with Crippen LogP contribution in [0.25, 0.3) is 0 Å². The molecular weight excluding hydrogens is 406 g/mol. The van der Waals surface area contributed by atoms with Gasteiger partial charge in [0.1, 0.15) is 17.1 Å². The molecule has 2 N–H and O–H groups in total. The van der Waals surface area contributed by atoms with Crippen LogP contribution < -0.4 is 14.8 Å². The van der Waals surface area contributed by atoms with Gasteiger partial charge < -0.3 is 19.9 Å². The fourth-order valence-corrected chi connectivity index (χ4v) is 4.92. The second kappa shape index (κ2) is 10.5. The van der Waals surface area contributed by atoms with E-state index in [4.69, 9.17) is 9.47 Å². The summed E-state index contributed by atoms with van der Waals surface area (Å²) in [4.78, 5) is 24.2. The van der Waals surface area contributed by atoms with Gasteiger partial charge in [0.25, 0.3) is 0 Å². The Balaban J connectivity index is 1.99. The topological polar surface area (TPSA) is 84.9 Å². The minimum absolute atomic E-state index is 0.0103. The summed E-state index contributed by atoms with van der Waals surface area (Å²) >= 11 is 0. The monoisotopic (exact) mass is 443 g/mol. The van der Waals surface area contributed by atoms with Crippen molar-refractivity contribution in [2.24, 2.45) is 5.92 Å². The highest BCUT2D eigenvalue weighted by Gasteiger charge is 2.45. The number of hydrogen-bond acceptors (Lipinski definition) is 5. The number of benzene rings is 1. The molecule has 32 heavy (non-hydrogen) atoms. The molecule has 6 nitrogen and oxygen atoms in total. The third kappa shape index (κ3) is 5.52. The van der Waals surface area contributed by atoms with E-state index >= 15 is 0 Å². The largest absolute Gasteiger partial charge is 0.487 e. The lowest BCUT2D eigenvalue weighted by atomic mass is 9.67. The van der Waals surface area contributed by atoms with Gasteiger partial charge in [-0.3, -0.25) is 9.59 Å². The number of esters is 1. The molecule has 1 heterocycles. The first-order chi connectivity index (χ1) is 15.3. The first-order valence-electron chi connectivity index (χ1n) is 11.9. The van der Waals surface area contributed by atoms with E-state index in [0.717, 1.165) is 61.0 Å². The normalized spacial score (nSPS) is 21.0. The van der Waals surface area contributed by atoms with E-state index in [-0.39, 0.29) is 42.8 Å². The Hall–Kier alpha value is -2.34. The van der Waals surface area contributed by atoms with Gasteiger partial charge in [-0.1, -0.05) is 25.8 Å². The number of ether oxygens (including phenoxy) is 2. The Kier molecular flexibility index (Phi) is 7.99. The molecule has 0 saturated carbocycles. The summed E-state index contributed by atoms with van der Waals surface area (Å²) < 4.78 is 12.3. The van der Waals surface area contributed by atoms with Gasteiger partial charge in [0.05, 0.1) is 13.0 Å². The molecule has 6 heteroatoms. The number of carbonyl (C=O) groups excluding carboxylic acids is 2. The zero-order chi connectivity index (χ0) is 23.3. The van der Waals surface area contributed by atoms with Crippen LogP contribution in [-0.4, -0.2) is 36.2 Å². The first-order valence-corrected chi connectivity index (χ1v) is 11.9. The van der Waals surface area contributed by atoms with E-state index in [2.05, 4.69) is 38.2 Å². The maximum atomic E-state index is 12.6. The number of carbonyl (C=O) groups is 2. The molecule has 3 rings (SSSR count). The second-order valence-electron chi connectivity index (χ2n) is 9.47. The predicted molar refractivity (Wildman–Crippen MR) is 124 cm³/mol. The number of unbranched alkanes of at least 4 members (excludes halogenated alkanes) is 2. The summed E-state index contributed by atoms with van der Waals surface area (Å²) in [6, 6.07) is 4.05. The maximum Gasteiger partial charge on any atom is 0.311 e. The van der Waals surface area contributed by atoms with E-state index in [9.17, 15) is 14.7 Å². The van der Waals surface area contributed by atoms with Crippen molar-refractivity contribution in [3.05, 3.63) is 34.9 Å². The molecule has 2 unspecified atom stereocenters. The van der Waals surface area contributed by atoms with E-state index < -0.39 is 5.97 Å². The van der Waals surface area contributed by atoms with Crippen molar-refractivity contribution >= 4 is 11.9 Å². The average Bonchev–Trinajstić information content (AvgIpc) is 2.76. The molecule has 1 aromatic carbocycles. The summed E-state index contributed by atoms with van der Waals surface area (Å²) in [6.45, 7) is 6.44. The number of hydrogen-bond donors (Lipinski definition) is 2. The Bertz CT molecular complexity index is 873. The van der Waals surface area contributed by atoms with Crippen LogP contribution >= 0.6 is 0 Å². The lowest BCUT2D eigenvalue weighted by Gasteiger charge is -2.46. The van der Waals surface area contributed by atoms with Gasteiger partial charge in [-0.25, -0.2) is 0 Å². The van der Waals surface area contributed by atoms with Crippen LogP contribution in [0.15, 0.2) is 23.8 Å². The Morgan fingerprint density at radius 3 is 2.72 bits per heavy atom. The fourth-order valence-electron chi connectivity index (χ4n) is 4.92. The van der Waals surface area contributed by atoms with E-state index in [1.165, 1.54) is 0 Å². The van der Waals surface area contributed by atoms with Crippen LogP contribution in [-0.2, 0) is 16.0 Å². The smallest absolute Gasteiger partial charge is 0.311 e. The molecule has 0 fully saturated rings. The third-order valence-electron chi connectivity index (χ3n) is 6.72. The molecule has 0 saturated heterocycles. The zero-order valence-corrected chi connectivity index (χ0v) is 19.8. The molecule has 2 aliphatic rings. The fraction of sp³-hybridized carbons (Fsp3) is 0.615. The van der Waals surface area contributed by atoms with E-state index in [1.807, 2.05) is 6.07 Å². The third-order valence-corrected chi connectivity index (χ3v) is 6.72. The summed E-state index contributed by atoms with van der Waals surface area (Å²) in [7, 11) is 1.55. The van der Waals surface area contributed by atoms with Crippen LogP contribution in [0.2, 0.25) is 0 Å². The second-order valence-corrected chi connectivity index (χ2v) is 9.47. The number of fused-ring (bicyclic) bond motifs is 3. The Morgan fingerprint density at radius 2 is 2.03 bits per heavy atom. The zero-order valence-electron chi connectivity index (χ0n) is 19.8. The molecule has 0 spiro atoms. The SMILES string of the molecule is CCCCCc1cc(OC(=O)CCC(=O)NC)c2c(c1)OC(C)(C)C1CCC(CO)=CC21. The molecule has 1 aliphatic heterocycles. The first kappa shape index (κ1) is 24.3. The molecule has 0 radical (unpaired) electrons. The number of aliphatic hydroxyl groups is 1. The predicted octanol–water partition coefficient (Wildman–Crippen LogP) is 4.43. The number of nitrogens with one attached hydrogen (secondary N) is 1. The molecule has 1 amide bonds. The van der Waals surface area contributed by atoms with Crippen LogP contribution in [0, 0.1) is 5.92 Å². The van der Waals surface area contributed by atoms with Gasteiger partial charge in [0, 0.05) is 30.9 Å². The Labute approximate surface area is 191 Å². The molecule has 176 valence electrons. The van der Waals surface area contributed by atoms with Gasteiger partial charge in [-0.05, 0) is 62.8 Å². The minimum Gasteiger partial charge on any atom is -0.487 e. The van der Waals surface area contributed by atoms with Crippen molar-refractivity contribution in [3.8, 4) is 11.5 Å². The highest BCUT2D eigenvalue weighted by atomic mass is 16.5. The quantitative estimate of drug-likeness (QED) is 0.255. The van der Waals surface area contributed by atoms with Crippen molar-refractivity contribution in [3.63, 3.8) is 0 Å². The summed E-state index contributed by atoms with van der Waals surface area (Å²) in [5.41, 5.74) is 2.62. The number of amides is 1. The molecule has 1 aliphatic carbocycles. The van der Waals surface area contributed by atoms with Crippen molar-refractivity contribution in [1.29, 1.82) is 0 Å². The maximum absolute atomic E-state index is 12.6. The number of aryl methyl sites for hydroxylation is 1. The molecule has 0 aromatic heterocycles. The van der Waals surface area contributed by atoms with Crippen molar-refractivity contribution in [1.82, 2.24) is 5.32 Å². The lowest BCUT2D eigenvalue weighted by Crippen LogP contribution is -2.45. The number of allylic oxidation sites excluding steroid dienone is 1. The lowest BCUT2D eigenvalue weighted by molar-refractivity contribution is -0.136. The number of aliphatic hydroxyl groups excluding tert-OH is 1. The van der Waals surface area contributed by atoms with Crippen molar-refractivity contribution in [2.75, 3.05) is 13.7 Å². The van der Waals surface area contributed by atoms with Crippen LogP contribution in [0.1, 0.15) is 82.8 Å². The van der Waals surface area contributed by atoms with Gasteiger partial charge in [0.15, 0.2) is 0 Å². The highest BCUT2D eigenvalue weighted by molar-refractivity contribution is 5.82. The van der Waals surface area contributed by atoms with Gasteiger partial charge >= 0.3 is 5.97 Å². The molecule has 1 aromatic rings.